The van der Waals surface area contributed by atoms with Gasteiger partial charge in [0.05, 0.1) is 18.3 Å². The van der Waals surface area contributed by atoms with Gasteiger partial charge >= 0.3 is 0 Å². The first-order chi connectivity index (χ1) is 17.6. The van der Waals surface area contributed by atoms with Crippen LogP contribution in [0.2, 0.25) is 18.6 Å². The van der Waals surface area contributed by atoms with Crippen LogP contribution in [0.1, 0.15) is 43.7 Å². The van der Waals surface area contributed by atoms with Gasteiger partial charge in [-0.2, -0.15) is 0 Å². The molecule has 0 bridgehead atoms. The molecular formula is C28H34BrFN2O4Si. The minimum Gasteiger partial charge on any atom is -0.396 e. The van der Waals surface area contributed by atoms with Crippen LogP contribution >= 0.6 is 15.9 Å². The Labute approximate surface area is 227 Å². The minimum atomic E-state index is -3.23. The number of piperidine rings is 1. The van der Waals surface area contributed by atoms with Gasteiger partial charge in [0, 0.05) is 46.8 Å². The number of halogens is 2. The largest absolute Gasteiger partial charge is 0.396 e. The number of hydrogen-bond donors (Lipinski definition) is 1. The molecule has 2 fully saturated rings. The second-order valence-electron chi connectivity index (χ2n) is 11.0. The maximum absolute atomic E-state index is 15.6. The average Bonchev–Trinajstić information content (AvgIpc) is 3.26. The number of ether oxygens (including phenoxy) is 1. The molecule has 198 valence electrons. The van der Waals surface area contributed by atoms with E-state index in [-0.39, 0.29) is 18.4 Å². The fourth-order valence-corrected chi connectivity index (χ4v) is 9.56. The lowest BCUT2D eigenvalue weighted by molar-refractivity contribution is -0.146. The Morgan fingerprint density at radius 2 is 1.97 bits per heavy atom. The zero-order chi connectivity index (χ0) is 26.5. The van der Waals surface area contributed by atoms with Gasteiger partial charge in [-0.05, 0) is 68.3 Å². The molecule has 6 nitrogen and oxygen atoms in total. The van der Waals surface area contributed by atoms with Gasteiger partial charge in [0.1, 0.15) is 0 Å². The van der Waals surface area contributed by atoms with Crippen molar-refractivity contribution in [2.45, 2.75) is 69.5 Å². The van der Waals surface area contributed by atoms with Crippen molar-refractivity contribution in [2.24, 2.45) is 5.92 Å². The zero-order valence-electron chi connectivity index (χ0n) is 21.5. The molecule has 9 heteroatoms. The van der Waals surface area contributed by atoms with Crippen molar-refractivity contribution >= 4 is 47.5 Å². The molecule has 4 atom stereocenters. The third-order valence-corrected chi connectivity index (χ3v) is 11.2. The fraction of sp³-hybridized carbons (Fsp3) is 0.500. The predicted octanol–water partition coefficient (Wildman–Crippen LogP) is 5.67. The third-order valence-electron chi connectivity index (χ3n) is 8.22. The molecule has 0 radical (unpaired) electrons. The summed E-state index contributed by atoms with van der Waals surface area (Å²) in [6.07, 6.45) is 2.21. The lowest BCUT2D eigenvalue weighted by atomic mass is 9.82. The second kappa shape index (κ2) is 9.91. The van der Waals surface area contributed by atoms with E-state index in [4.69, 9.17) is 4.74 Å². The van der Waals surface area contributed by atoms with Gasteiger partial charge in [-0.1, -0.05) is 35.0 Å². The summed E-state index contributed by atoms with van der Waals surface area (Å²) in [6.45, 7) is 6.13. The fourth-order valence-electron chi connectivity index (χ4n) is 6.66. The molecule has 37 heavy (non-hydrogen) atoms. The Morgan fingerprint density at radius 3 is 2.68 bits per heavy atom. The maximum atomic E-state index is 15.6. The quantitative estimate of drug-likeness (QED) is 0.348. The van der Waals surface area contributed by atoms with E-state index in [9.17, 15) is 14.7 Å². The molecule has 0 aliphatic carbocycles. The summed E-state index contributed by atoms with van der Waals surface area (Å²) in [5, 5.41) is 9.71. The number of rotatable bonds is 6. The average molecular weight is 590 g/mol. The van der Waals surface area contributed by atoms with Crippen molar-refractivity contribution in [1.82, 2.24) is 0 Å². The number of benzene rings is 2. The van der Waals surface area contributed by atoms with E-state index >= 15 is 4.11 Å². The van der Waals surface area contributed by atoms with Crippen LogP contribution in [0, 0.1) is 5.92 Å². The van der Waals surface area contributed by atoms with Crippen molar-refractivity contribution in [3.63, 3.8) is 0 Å². The second-order valence-corrected chi connectivity index (χ2v) is 15.7. The first-order valence-corrected chi connectivity index (χ1v) is 16.8. The van der Waals surface area contributed by atoms with Crippen LogP contribution in [0.5, 0.6) is 0 Å². The van der Waals surface area contributed by atoms with E-state index in [2.05, 4.69) is 15.9 Å². The normalized spacial score (nSPS) is 27.9. The highest BCUT2D eigenvalue weighted by molar-refractivity contribution is 9.10. The van der Waals surface area contributed by atoms with Gasteiger partial charge in [0.25, 0.3) is 5.91 Å². The van der Waals surface area contributed by atoms with Crippen LogP contribution in [0.4, 0.5) is 15.5 Å². The van der Waals surface area contributed by atoms with Crippen LogP contribution in [0.3, 0.4) is 0 Å². The summed E-state index contributed by atoms with van der Waals surface area (Å²) in [4.78, 5) is 30.4. The molecule has 2 aromatic carbocycles. The highest BCUT2D eigenvalue weighted by atomic mass is 79.9. The standard InChI is InChI=1S/C28H34BrFN2O4Si/c1-18-26(37(2,3)30)24(12-14-33)36-28(18)22-16-20(29)10-11-23(22)32(27(28)35)17-19-7-6-8-21(15-19)31-13-5-4-9-25(31)34/h6-8,10-11,15-16,18,24,26,33H,4-5,9,12-14,17H2,1-3H3/t18-,24+,26-,28+/m1/s1. The van der Waals surface area contributed by atoms with Crippen molar-refractivity contribution in [1.29, 1.82) is 0 Å². The molecule has 0 unspecified atom stereocenters. The monoisotopic (exact) mass is 588 g/mol. The molecule has 0 aromatic heterocycles. The molecule has 3 aliphatic rings. The van der Waals surface area contributed by atoms with Gasteiger partial charge in [-0.25, -0.2) is 0 Å². The number of carbonyl (C=O) groups excluding carboxylic acids is 2. The van der Waals surface area contributed by atoms with Crippen molar-refractivity contribution < 1.29 is 23.5 Å². The molecular weight excluding hydrogens is 555 g/mol. The van der Waals surface area contributed by atoms with E-state index < -0.39 is 31.6 Å². The highest BCUT2D eigenvalue weighted by Crippen LogP contribution is 2.60. The van der Waals surface area contributed by atoms with Crippen molar-refractivity contribution in [2.75, 3.05) is 23.0 Å². The topological polar surface area (TPSA) is 70.1 Å². The van der Waals surface area contributed by atoms with Crippen LogP contribution in [0.15, 0.2) is 46.9 Å². The van der Waals surface area contributed by atoms with Gasteiger partial charge in [-0.15, -0.1) is 0 Å². The number of carbonyl (C=O) groups is 2. The summed E-state index contributed by atoms with van der Waals surface area (Å²) in [7, 11) is -3.23. The Bertz CT molecular complexity index is 1220. The lowest BCUT2D eigenvalue weighted by Crippen LogP contribution is -2.45. The first kappa shape index (κ1) is 26.5. The van der Waals surface area contributed by atoms with Gasteiger partial charge in [0.2, 0.25) is 14.3 Å². The number of nitrogens with zero attached hydrogens (tertiary/aromatic N) is 2. The summed E-state index contributed by atoms with van der Waals surface area (Å²) in [6, 6.07) is 13.5. The number of anilines is 2. The number of fused-ring (bicyclic) bond motifs is 2. The molecule has 3 heterocycles. The van der Waals surface area contributed by atoms with Crippen molar-refractivity contribution in [3.8, 4) is 0 Å². The lowest BCUT2D eigenvalue weighted by Gasteiger charge is -2.31. The van der Waals surface area contributed by atoms with Crippen LogP contribution < -0.4 is 9.80 Å². The van der Waals surface area contributed by atoms with Gasteiger partial charge < -0.3 is 23.8 Å². The SMILES string of the molecule is C[C@@H]1[C@@H]([Si](C)(C)F)[C@H](CCO)O[C@@]12C(=O)N(Cc1cccc(N3CCCCC3=O)c1)c1ccc(Br)cc12. The third kappa shape index (κ3) is 4.47. The maximum Gasteiger partial charge on any atom is 0.264 e. The molecule has 0 saturated carbocycles. The van der Waals surface area contributed by atoms with E-state index in [0.29, 0.717) is 25.9 Å². The molecule has 3 aliphatic heterocycles. The van der Waals surface area contributed by atoms with E-state index in [1.165, 1.54) is 0 Å². The molecule has 1 N–H and O–H groups in total. The molecule has 2 saturated heterocycles. The van der Waals surface area contributed by atoms with Crippen LogP contribution in [0.25, 0.3) is 0 Å². The van der Waals surface area contributed by atoms with E-state index in [0.717, 1.165) is 39.8 Å². The molecule has 2 aromatic rings. The Kier molecular flexibility index (Phi) is 7.11. The molecule has 2 amide bonds. The number of aliphatic hydroxyl groups is 1. The zero-order valence-corrected chi connectivity index (χ0v) is 24.1. The molecule has 1 spiro atoms. The Balaban J connectivity index is 1.53. The highest BCUT2D eigenvalue weighted by Gasteiger charge is 2.66. The number of aliphatic hydroxyl groups excluding tert-OH is 1. The minimum absolute atomic E-state index is 0.125. The summed E-state index contributed by atoms with van der Waals surface area (Å²) < 4.78 is 23.0. The predicted molar refractivity (Wildman–Crippen MR) is 148 cm³/mol. The Morgan fingerprint density at radius 1 is 1.19 bits per heavy atom. The summed E-state index contributed by atoms with van der Waals surface area (Å²) in [5.74, 6) is -0.461. The van der Waals surface area contributed by atoms with E-state index in [1.54, 1.807) is 18.0 Å². The summed E-state index contributed by atoms with van der Waals surface area (Å²) in [5.41, 5.74) is 1.51. The number of amides is 2. The van der Waals surface area contributed by atoms with E-state index in [1.807, 2.05) is 54.3 Å². The van der Waals surface area contributed by atoms with Crippen molar-refractivity contribution in [3.05, 3.63) is 58.1 Å². The smallest absolute Gasteiger partial charge is 0.264 e. The number of hydrogen-bond acceptors (Lipinski definition) is 4. The van der Waals surface area contributed by atoms with Gasteiger partial charge in [0.15, 0.2) is 5.60 Å². The first-order valence-electron chi connectivity index (χ1n) is 13.1. The van der Waals surface area contributed by atoms with Crippen LogP contribution in [-0.2, 0) is 26.5 Å². The summed E-state index contributed by atoms with van der Waals surface area (Å²) >= 11 is 3.55. The molecule has 5 rings (SSSR count). The van der Waals surface area contributed by atoms with Gasteiger partial charge in [-0.3, -0.25) is 9.59 Å². The van der Waals surface area contributed by atoms with Crippen LogP contribution in [-0.4, -0.2) is 44.6 Å². The Hall–Kier alpha value is -2.07.